The zero-order chi connectivity index (χ0) is 43.5. The van der Waals surface area contributed by atoms with E-state index >= 15 is 4.39 Å². The van der Waals surface area contributed by atoms with Gasteiger partial charge in [-0.15, -0.1) is 11.8 Å². The molecule has 0 unspecified atom stereocenters. The maximum absolute atomic E-state index is 16.0. The lowest BCUT2D eigenvalue weighted by Gasteiger charge is -2.43. The summed E-state index contributed by atoms with van der Waals surface area (Å²) in [6.07, 6.45) is 7.46. The zero-order valence-electron chi connectivity index (χ0n) is 34.2. The number of ether oxygens (including phenoxy) is 4. The van der Waals surface area contributed by atoms with Gasteiger partial charge in [0.05, 0.1) is 43.2 Å². The van der Waals surface area contributed by atoms with E-state index in [1.54, 1.807) is 31.2 Å². The Morgan fingerprint density at radius 3 is 2.23 bits per heavy atom. The Morgan fingerprint density at radius 2 is 1.64 bits per heavy atom. The van der Waals surface area contributed by atoms with Crippen molar-refractivity contribution in [3.8, 4) is 6.07 Å². The molecule has 318 valence electrons. The highest BCUT2D eigenvalue weighted by Crippen LogP contribution is 2.42. The van der Waals surface area contributed by atoms with E-state index in [1.165, 1.54) is 53.4 Å². The summed E-state index contributed by atoms with van der Waals surface area (Å²) in [5.74, 6) is -2.24. The molecular formula is C46H47F3N4O6SSi. The lowest BCUT2D eigenvalue weighted by Crippen LogP contribution is -2.66. The molecule has 0 radical (unpaired) electrons. The molecule has 2 atom stereocenters. The Labute approximate surface area is 359 Å². The Morgan fingerprint density at radius 1 is 0.951 bits per heavy atom. The lowest BCUT2D eigenvalue weighted by atomic mass is 9.89. The number of carbonyl (C=O) groups excluding carboxylic acids is 1. The number of thioether (sulfide) groups is 1. The smallest absolute Gasteiger partial charge is 0.432 e. The molecule has 0 spiro atoms. The summed E-state index contributed by atoms with van der Waals surface area (Å²) in [5.41, 5.74) is -1.34. The molecule has 5 aromatic rings. The summed E-state index contributed by atoms with van der Waals surface area (Å²) in [6.45, 7) is 8.31. The number of aromatic nitrogens is 3. The molecule has 0 aliphatic carbocycles. The molecule has 1 fully saturated rings. The molecule has 1 aliphatic heterocycles. The van der Waals surface area contributed by atoms with Crippen LogP contribution in [-0.2, 0) is 35.5 Å². The number of halogens is 3. The number of hydrogen-bond acceptors (Lipinski definition) is 10. The van der Waals surface area contributed by atoms with Gasteiger partial charge in [-0.25, -0.2) is 27.6 Å². The third-order valence-electron chi connectivity index (χ3n) is 10.3. The van der Waals surface area contributed by atoms with Crippen molar-refractivity contribution in [3.63, 3.8) is 0 Å². The third-order valence-corrected chi connectivity index (χ3v) is 16.8. The van der Waals surface area contributed by atoms with E-state index in [0.717, 1.165) is 22.5 Å². The lowest BCUT2D eigenvalue weighted by molar-refractivity contribution is -0.146. The fraction of sp³-hybridized carbons (Fsp3) is 0.304. The molecule has 15 heteroatoms. The molecule has 1 aliphatic rings. The van der Waals surface area contributed by atoms with Gasteiger partial charge in [-0.3, -0.25) is 0 Å². The van der Waals surface area contributed by atoms with Crippen LogP contribution in [0.15, 0.2) is 128 Å². The van der Waals surface area contributed by atoms with Gasteiger partial charge in [0.15, 0.2) is 11.9 Å². The van der Waals surface area contributed by atoms with Gasteiger partial charge in [0.1, 0.15) is 36.7 Å². The Balaban J connectivity index is 1.18. The van der Waals surface area contributed by atoms with Crippen LogP contribution in [0.1, 0.15) is 44.4 Å². The minimum absolute atomic E-state index is 0.0438. The normalized spacial score (nSPS) is 17.5. The number of rotatable bonds is 16. The zero-order valence-corrected chi connectivity index (χ0v) is 36.1. The molecule has 4 aromatic carbocycles. The maximum Gasteiger partial charge on any atom is 0.509 e. The molecule has 6 rings (SSSR count). The van der Waals surface area contributed by atoms with E-state index in [9.17, 15) is 13.6 Å². The van der Waals surface area contributed by atoms with Gasteiger partial charge in [0.2, 0.25) is 0 Å². The van der Waals surface area contributed by atoms with Crippen molar-refractivity contribution in [3.05, 3.63) is 162 Å². The third kappa shape index (κ3) is 10.9. The van der Waals surface area contributed by atoms with Crippen LogP contribution in [0.3, 0.4) is 0 Å². The van der Waals surface area contributed by atoms with Gasteiger partial charge in [-0.2, -0.15) is 10.4 Å². The van der Waals surface area contributed by atoms with E-state index in [1.807, 2.05) is 42.5 Å². The van der Waals surface area contributed by atoms with Crippen LogP contribution >= 0.6 is 11.8 Å². The quantitative estimate of drug-likeness (QED) is 0.0415. The van der Waals surface area contributed by atoms with Crippen molar-refractivity contribution >= 4 is 42.7 Å². The van der Waals surface area contributed by atoms with Crippen molar-refractivity contribution in [2.24, 2.45) is 0 Å². The Hall–Kier alpha value is -5.50. The monoisotopic (exact) mass is 868 g/mol. The predicted octanol–water partition coefficient (Wildman–Crippen LogP) is 8.33. The fourth-order valence-corrected chi connectivity index (χ4v) is 13.3. The summed E-state index contributed by atoms with van der Waals surface area (Å²) in [5, 5.41) is 14.0. The SMILES string of the molecule is C[C@@H](S[C@H]1CO[C@H](/C=C/C=C/c2ccc(C#N)cc2F)OC1)[C@@](Cn1cncn1)(OC(=O)OCCO[Si](c1ccccc1)(c1ccccc1)C(C)(C)C)c1ccc(F)cc1F. The van der Waals surface area contributed by atoms with Crippen LogP contribution < -0.4 is 10.4 Å². The van der Waals surface area contributed by atoms with E-state index in [0.29, 0.717) is 5.56 Å². The number of nitriles is 1. The molecule has 1 aromatic heterocycles. The highest BCUT2D eigenvalue weighted by Gasteiger charge is 2.50. The summed E-state index contributed by atoms with van der Waals surface area (Å²) in [4.78, 5) is 17.9. The van der Waals surface area contributed by atoms with Crippen molar-refractivity contribution in [1.29, 1.82) is 5.26 Å². The molecule has 61 heavy (non-hydrogen) atoms. The Kier molecular flexibility index (Phi) is 15.0. The van der Waals surface area contributed by atoms with Gasteiger partial charge in [-0.05, 0) is 52.7 Å². The van der Waals surface area contributed by atoms with Crippen LogP contribution in [-0.4, -0.2) is 72.5 Å². The minimum atomic E-state index is -2.95. The van der Waals surface area contributed by atoms with Gasteiger partial charge in [0.25, 0.3) is 8.32 Å². The standard InChI is InChI=1S/C46H47F3N4O6SSi/c1-33(60-37-28-56-43(57-29-37)18-12-11-13-35-20-19-34(27-50)25-41(35)48)46(30-53-32-51-31-52-53,40-22-21-36(47)26-42(40)49)59-44(54)55-23-24-58-61(45(2,3)4,38-14-7-5-8-15-38)39-16-9-6-10-17-39/h5-22,25-26,31-33,37,43H,23-24,28-30H2,1-4H3/b13-11+,18-12+/t33-,37-,43-,46-/m1/s1. The molecule has 2 heterocycles. The van der Waals surface area contributed by atoms with Crippen LogP contribution in [0.2, 0.25) is 5.04 Å². The van der Waals surface area contributed by atoms with Crippen molar-refractivity contribution in [2.45, 2.75) is 61.7 Å². The van der Waals surface area contributed by atoms with Crippen LogP contribution in [0.4, 0.5) is 18.0 Å². The molecule has 0 amide bonds. The summed E-state index contributed by atoms with van der Waals surface area (Å²) >= 11 is 1.33. The van der Waals surface area contributed by atoms with Crippen LogP contribution in [0, 0.1) is 28.8 Å². The summed E-state index contributed by atoms with van der Waals surface area (Å²) < 4.78 is 76.7. The number of carbonyl (C=O) groups is 1. The second-order valence-corrected chi connectivity index (χ2v) is 21.3. The van der Waals surface area contributed by atoms with Crippen LogP contribution in [0.25, 0.3) is 6.08 Å². The van der Waals surface area contributed by atoms with Crippen molar-refractivity contribution < 1.29 is 41.3 Å². The first-order valence-electron chi connectivity index (χ1n) is 19.7. The van der Waals surface area contributed by atoms with E-state index in [-0.39, 0.29) is 54.4 Å². The topological polar surface area (TPSA) is 118 Å². The fourth-order valence-electron chi connectivity index (χ4n) is 7.38. The van der Waals surface area contributed by atoms with E-state index in [4.69, 9.17) is 28.6 Å². The Bertz CT molecular complexity index is 2280. The first-order chi connectivity index (χ1) is 29.3. The molecule has 1 saturated heterocycles. The second-order valence-electron chi connectivity index (χ2n) is 15.3. The maximum atomic E-state index is 16.0. The first-order valence-corrected chi connectivity index (χ1v) is 22.5. The average molecular weight is 869 g/mol. The largest absolute Gasteiger partial charge is 0.509 e. The number of benzene rings is 4. The highest BCUT2D eigenvalue weighted by molar-refractivity contribution is 8.00. The predicted molar refractivity (Wildman–Crippen MR) is 230 cm³/mol. The number of allylic oxidation sites excluding steroid dienone is 2. The first kappa shape index (κ1) is 45.0. The highest BCUT2D eigenvalue weighted by atomic mass is 32.2. The van der Waals surface area contributed by atoms with Crippen molar-refractivity contribution in [2.75, 3.05) is 26.4 Å². The molecular weight excluding hydrogens is 822 g/mol. The van der Waals surface area contributed by atoms with Gasteiger partial charge < -0.3 is 23.4 Å². The van der Waals surface area contributed by atoms with Gasteiger partial charge in [0, 0.05) is 22.4 Å². The minimum Gasteiger partial charge on any atom is -0.432 e. The molecule has 10 nitrogen and oxygen atoms in total. The number of nitrogens with zero attached hydrogens (tertiary/aromatic N) is 4. The van der Waals surface area contributed by atoms with E-state index < -0.39 is 49.1 Å². The number of hydrogen-bond donors (Lipinski definition) is 0. The molecule has 0 saturated carbocycles. The van der Waals surface area contributed by atoms with Crippen molar-refractivity contribution in [1.82, 2.24) is 14.8 Å². The van der Waals surface area contributed by atoms with Gasteiger partial charge >= 0.3 is 6.16 Å². The second kappa shape index (κ2) is 20.4. The van der Waals surface area contributed by atoms with E-state index in [2.05, 4.69) is 55.1 Å². The summed E-state index contributed by atoms with van der Waals surface area (Å²) in [6, 6.07) is 29.3. The average Bonchev–Trinajstić information content (AvgIpc) is 3.76. The molecule has 0 N–H and O–H groups in total. The summed E-state index contributed by atoms with van der Waals surface area (Å²) in [7, 11) is -2.95. The van der Waals surface area contributed by atoms with Gasteiger partial charge in [-0.1, -0.05) is 106 Å². The molecule has 0 bridgehead atoms. The van der Waals surface area contributed by atoms with Crippen LogP contribution in [0.5, 0.6) is 0 Å².